The lowest BCUT2D eigenvalue weighted by Crippen LogP contribution is -1.82. The third-order valence-corrected chi connectivity index (χ3v) is 7.15. The Labute approximate surface area is 184 Å². The van der Waals surface area contributed by atoms with Crippen molar-refractivity contribution in [3.05, 3.63) is 108 Å². The molecule has 0 aliphatic rings. The predicted molar refractivity (Wildman–Crippen MR) is 133 cm³/mol. The van der Waals surface area contributed by atoms with Crippen molar-refractivity contribution in [3.63, 3.8) is 0 Å². The van der Waals surface area contributed by atoms with Gasteiger partial charge in [0.05, 0.1) is 0 Å². The first kappa shape index (κ1) is 17.7. The number of fused-ring (bicyclic) bond motifs is 4. The Morgan fingerprint density at radius 2 is 1.33 bits per heavy atom. The van der Waals surface area contributed by atoms with Gasteiger partial charge in [-0.25, -0.2) is 0 Å². The lowest BCUT2D eigenvalue weighted by Gasteiger charge is -2.08. The molecule has 0 radical (unpaired) electrons. The number of hydrogen-bond acceptors (Lipinski definition) is 1. The van der Waals surface area contributed by atoms with E-state index in [2.05, 4.69) is 97.1 Å². The number of rotatable bonds is 2. The molecule has 0 bridgehead atoms. The lowest BCUT2D eigenvalue weighted by molar-refractivity contribution is 1.63. The summed E-state index contributed by atoms with van der Waals surface area (Å²) in [6.45, 7) is 0. The second-order valence-corrected chi connectivity index (χ2v) is 9.06. The first-order valence-corrected chi connectivity index (χ1v) is 11.2. The molecule has 0 aliphatic heterocycles. The molecule has 0 saturated carbocycles. The highest BCUT2D eigenvalue weighted by Gasteiger charge is 2.11. The van der Waals surface area contributed by atoms with Gasteiger partial charge in [-0.15, -0.1) is 11.3 Å². The quantitative estimate of drug-likeness (QED) is 0.262. The molecule has 0 spiro atoms. The summed E-state index contributed by atoms with van der Waals surface area (Å²) in [4.78, 5) is 0. The third-order valence-electron chi connectivity index (χ3n) is 5.72. The molecule has 0 N–H and O–H groups in total. The number of benzene rings is 5. The van der Waals surface area contributed by atoms with Gasteiger partial charge in [0.25, 0.3) is 0 Å². The van der Waals surface area contributed by atoms with Crippen LogP contribution >= 0.6 is 22.9 Å². The van der Waals surface area contributed by atoms with E-state index in [1.54, 1.807) is 0 Å². The molecule has 6 aromatic rings. The average Bonchev–Trinajstić information content (AvgIpc) is 3.16. The van der Waals surface area contributed by atoms with Crippen LogP contribution in [0, 0.1) is 0 Å². The van der Waals surface area contributed by atoms with Crippen LogP contribution in [0.15, 0.2) is 103 Å². The van der Waals surface area contributed by atoms with Crippen molar-refractivity contribution < 1.29 is 0 Å². The molecule has 1 aromatic heterocycles. The summed E-state index contributed by atoms with van der Waals surface area (Å²) >= 11 is 8.06. The highest BCUT2D eigenvalue weighted by atomic mass is 35.5. The van der Waals surface area contributed by atoms with E-state index in [9.17, 15) is 0 Å². The van der Waals surface area contributed by atoms with Gasteiger partial charge in [-0.2, -0.15) is 0 Å². The first-order valence-electron chi connectivity index (χ1n) is 9.97. The van der Waals surface area contributed by atoms with Gasteiger partial charge in [-0.3, -0.25) is 0 Å². The molecule has 0 fully saturated rings. The summed E-state index contributed by atoms with van der Waals surface area (Å²) in [7, 11) is 0. The maximum Gasteiger partial charge on any atom is 0.0433 e. The summed E-state index contributed by atoms with van der Waals surface area (Å²) < 4.78 is 2.54. The van der Waals surface area contributed by atoms with E-state index >= 15 is 0 Å². The second kappa shape index (κ2) is 6.98. The minimum atomic E-state index is 0.786. The Kier molecular flexibility index (Phi) is 4.12. The summed E-state index contributed by atoms with van der Waals surface area (Å²) in [5, 5.41) is 5.89. The van der Waals surface area contributed by atoms with Gasteiger partial charge in [0.1, 0.15) is 0 Å². The van der Waals surface area contributed by atoms with Gasteiger partial charge in [0.2, 0.25) is 0 Å². The van der Waals surface area contributed by atoms with Crippen LogP contribution in [0.4, 0.5) is 0 Å². The lowest BCUT2D eigenvalue weighted by atomic mass is 9.96. The fourth-order valence-corrected chi connectivity index (χ4v) is 5.75. The van der Waals surface area contributed by atoms with E-state index < -0.39 is 0 Å². The zero-order chi connectivity index (χ0) is 20.1. The minimum absolute atomic E-state index is 0.786. The zero-order valence-corrected chi connectivity index (χ0v) is 17.7. The fraction of sp³-hybridized carbons (Fsp3) is 0. The highest BCUT2D eigenvalue weighted by molar-refractivity contribution is 7.26. The first-order chi connectivity index (χ1) is 14.8. The normalized spacial score (nSPS) is 11.5. The van der Waals surface area contributed by atoms with Gasteiger partial charge in [-0.05, 0) is 57.3 Å². The standard InChI is InChI=1S/C28H17ClS/c29-23-13-14-25-26-10-4-9-24(28(26)30-27(25)17-23)22-8-3-7-20(16-22)21-12-11-18-5-1-2-6-19(18)15-21/h1-17H. The molecule has 5 aromatic carbocycles. The van der Waals surface area contributed by atoms with E-state index in [4.69, 9.17) is 11.6 Å². The van der Waals surface area contributed by atoms with Crippen LogP contribution in [-0.4, -0.2) is 0 Å². The molecule has 0 unspecified atom stereocenters. The van der Waals surface area contributed by atoms with Crippen LogP contribution in [0.5, 0.6) is 0 Å². The van der Waals surface area contributed by atoms with E-state index in [0.29, 0.717) is 0 Å². The molecule has 0 atom stereocenters. The van der Waals surface area contributed by atoms with E-state index in [1.807, 2.05) is 17.4 Å². The predicted octanol–water partition coefficient (Wildman–Crippen LogP) is 9.20. The summed E-state index contributed by atoms with van der Waals surface area (Å²) in [6.07, 6.45) is 0. The van der Waals surface area contributed by atoms with Gasteiger partial charge >= 0.3 is 0 Å². The van der Waals surface area contributed by atoms with Crippen LogP contribution in [0.3, 0.4) is 0 Å². The Hall–Kier alpha value is -3.13. The van der Waals surface area contributed by atoms with Crippen molar-refractivity contribution in [2.75, 3.05) is 0 Å². The Morgan fingerprint density at radius 3 is 2.27 bits per heavy atom. The topological polar surface area (TPSA) is 0 Å². The number of thiophene rings is 1. The molecule has 0 aliphatic carbocycles. The van der Waals surface area contributed by atoms with Crippen molar-refractivity contribution in [2.45, 2.75) is 0 Å². The van der Waals surface area contributed by atoms with Crippen molar-refractivity contribution in [3.8, 4) is 22.3 Å². The smallest absolute Gasteiger partial charge is 0.0433 e. The second-order valence-electron chi connectivity index (χ2n) is 7.57. The maximum atomic E-state index is 6.24. The molecule has 0 saturated heterocycles. The molecule has 2 heteroatoms. The fourth-order valence-electron chi connectivity index (χ4n) is 4.23. The molecule has 1 heterocycles. The van der Waals surface area contributed by atoms with Crippen LogP contribution in [0.1, 0.15) is 0 Å². The van der Waals surface area contributed by atoms with Crippen molar-refractivity contribution in [2.24, 2.45) is 0 Å². The van der Waals surface area contributed by atoms with Crippen LogP contribution in [0.2, 0.25) is 5.02 Å². The summed E-state index contributed by atoms with van der Waals surface area (Å²) in [6, 6.07) is 36.8. The largest absolute Gasteiger partial charge is 0.134 e. The monoisotopic (exact) mass is 420 g/mol. The van der Waals surface area contributed by atoms with E-state index in [-0.39, 0.29) is 0 Å². The van der Waals surface area contributed by atoms with Gasteiger partial charge in [0.15, 0.2) is 0 Å². The highest BCUT2D eigenvalue weighted by Crippen LogP contribution is 2.41. The number of halogens is 1. The molecule has 6 rings (SSSR count). The Balaban J connectivity index is 1.53. The van der Waals surface area contributed by atoms with E-state index in [0.717, 1.165) is 5.02 Å². The minimum Gasteiger partial charge on any atom is -0.134 e. The third kappa shape index (κ3) is 2.90. The van der Waals surface area contributed by atoms with Gasteiger partial charge in [0, 0.05) is 25.2 Å². The SMILES string of the molecule is Clc1ccc2c(c1)sc1c(-c3cccc(-c4ccc5ccccc5c4)c3)cccc12. The van der Waals surface area contributed by atoms with Gasteiger partial charge in [-0.1, -0.05) is 90.5 Å². The molecule has 0 amide bonds. The molecule has 142 valence electrons. The van der Waals surface area contributed by atoms with Crippen molar-refractivity contribution in [1.29, 1.82) is 0 Å². The Morgan fingerprint density at radius 1 is 0.533 bits per heavy atom. The van der Waals surface area contributed by atoms with Crippen molar-refractivity contribution in [1.82, 2.24) is 0 Å². The maximum absolute atomic E-state index is 6.24. The Bertz CT molecular complexity index is 1560. The number of hydrogen-bond donors (Lipinski definition) is 0. The molecular weight excluding hydrogens is 404 g/mol. The molecular formula is C28H17ClS. The van der Waals surface area contributed by atoms with Crippen molar-refractivity contribution >= 4 is 53.9 Å². The van der Waals surface area contributed by atoms with Crippen LogP contribution in [0.25, 0.3) is 53.2 Å². The van der Waals surface area contributed by atoms with Crippen LogP contribution < -0.4 is 0 Å². The van der Waals surface area contributed by atoms with E-state index in [1.165, 1.54) is 53.2 Å². The molecule has 30 heavy (non-hydrogen) atoms. The van der Waals surface area contributed by atoms with Crippen LogP contribution in [-0.2, 0) is 0 Å². The summed E-state index contributed by atoms with van der Waals surface area (Å²) in [5.74, 6) is 0. The molecule has 0 nitrogen and oxygen atoms in total. The average molecular weight is 421 g/mol. The zero-order valence-electron chi connectivity index (χ0n) is 16.1. The van der Waals surface area contributed by atoms with Gasteiger partial charge < -0.3 is 0 Å². The summed E-state index contributed by atoms with van der Waals surface area (Å²) in [5.41, 5.74) is 4.99.